The number of halogens is 1. The fourth-order valence-corrected chi connectivity index (χ4v) is 1.25. The standard InChI is InChI=1S/C11H15BFNO4/c1-2-3-6-18-11(15)14-10-5-4-8(12(16)17)7-9(10)13/h4-5,7,16-17H,2-3,6H2,1H3,(H,14,15). The predicted molar refractivity (Wildman–Crippen MR) is 66.1 cm³/mol. The molecule has 0 fully saturated rings. The minimum absolute atomic E-state index is 0.0115. The maximum absolute atomic E-state index is 13.5. The van der Waals surface area contributed by atoms with Crippen molar-refractivity contribution in [3.05, 3.63) is 24.0 Å². The molecule has 0 aliphatic carbocycles. The Kier molecular flexibility index (Phi) is 5.61. The number of unbranched alkanes of at least 4 members (excludes halogenated alkanes) is 1. The minimum Gasteiger partial charge on any atom is -0.449 e. The summed E-state index contributed by atoms with van der Waals surface area (Å²) in [5.74, 6) is -0.756. The fourth-order valence-electron chi connectivity index (χ4n) is 1.25. The van der Waals surface area contributed by atoms with Crippen molar-refractivity contribution < 1.29 is 24.0 Å². The van der Waals surface area contributed by atoms with Crippen LogP contribution in [0.2, 0.25) is 0 Å². The number of hydrogen-bond donors (Lipinski definition) is 3. The second kappa shape index (κ2) is 6.98. The lowest BCUT2D eigenvalue weighted by Gasteiger charge is -2.08. The molecule has 5 nitrogen and oxygen atoms in total. The number of amides is 1. The Morgan fingerprint density at radius 2 is 2.22 bits per heavy atom. The van der Waals surface area contributed by atoms with Gasteiger partial charge < -0.3 is 14.8 Å². The maximum atomic E-state index is 13.5. The largest absolute Gasteiger partial charge is 0.488 e. The zero-order valence-corrected chi connectivity index (χ0v) is 10.0. The van der Waals surface area contributed by atoms with Crippen LogP contribution in [-0.4, -0.2) is 29.9 Å². The normalized spacial score (nSPS) is 10.0. The number of carbonyl (C=O) groups is 1. The van der Waals surface area contributed by atoms with E-state index in [0.29, 0.717) is 0 Å². The van der Waals surface area contributed by atoms with Gasteiger partial charge in [-0.15, -0.1) is 0 Å². The van der Waals surface area contributed by atoms with Gasteiger partial charge in [0.1, 0.15) is 5.82 Å². The number of benzene rings is 1. The number of nitrogens with one attached hydrogen (secondary N) is 1. The van der Waals surface area contributed by atoms with Crippen LogP contribution in [0, 0.1) is 5.82 Å². The van der Waals surface area contributed by atoms with Gasteiger partial charge in [0.15, 0.2) is 0 Å². The van der Waals surface area contributed by atoms with Gasteiger partial charge >= 0.3 is 13.2 Å². The summed E-state index contributed by atoms with van der Waals surface area (Å²) in [6.45, 7) is 2.23. The molecule has 0 atom stereocenters. The summed E-state index contributed by atoms with van der Waals surface area (Å²) < 4.78 is 18.3. The van der Waals surface area contributed by atoms with E-state index in [0.717, 1.165) is 18.9 Å². The molecule has 1 aromatic carbocycles. The monoisotopic (exact) mass is 255 g/mol. The highest BCUT2D eigenvalue weighted by Gasteiger charge is 2.14. The van der Waals surface area contributed by atoms with Crippen molar-refractivity contribution >= 4 is 24.4 Å². The van der Waals surface area contributed by atoms with E-state index in [9.17, 15) is 9.18 Å². The Hall–Kier alpha value is -1.60. The predicted octanol–water partition coefficient (Wildman–Crippen LogP) is 0.854. The molecule has 18 heavy (non-hydrogen) atoms. The molecule has 0 heterocycles. The summed E-state index contributed by atoms with van der Waals surface area (Å²) >= 11 is 0. The van der Waals surface area contributed by atoms with Gasteiger partial charge in [0.2, 0.25) is 0 Å². The number of hydrogen-bond acceptors (Lipinski definition) is 4. The molecule has 0 aliphatic heterocycles. The third kappa shape index (κ3) is 4.35. The first-order valence-corrected chi connectivity index (χ1v) is 5.64. The van der Waals surface area contributed by atoms with E-state index in [-0.39, 0.29) is 17.8 Å². The Morgan fingerprint density at radius 3 is 2.78 bits per heavy atom. The van der Waals surface area contributed by atoms with E-state index >= 15 is 0 Å². The molecule has 1 aromatic rings. The lowest BCUT2D eigenvalue weighted by Crippen LogP contribution is -2.30. The van der Waals surface area contributed by atoms with E-state index in [1.54, 1.807) is 0 Å². The van der Waals surface area contributed by atoms with Crippen LogP contribution in [0.25, 0.3) is 0 Å². The molecule has 0 bridgehead atoms. The van der Waals surface area contributed by atoms with E-state index in [1.165, 1.54) is 12.1 Å². The molecule has 98 valence electrons. The lowest BCUT2D eigenvalue weighted by atomic mass is 9.80. The van der Waals surface area contributed by atoms with Crippen LogP contribution >= 0.6 is 0 Å². The van der Waals surface area contributed by atoms with Crippen LogP contribution < -0.4 is 10.8 Å². The second-order valence-electron chi connectivity index (χ2n) is 3.73. The number of rotatable bonds is 5. The highest BCUT2D eigenvalue weighted by Crippen LogP contribution is 2.12. The SMILES string of the molecule is CCCCOC(=O)Nc1ccc(B(O)O)cc1F. The molecule has 0 saturated carbocycles. The average Bonchev–Trinajstić information content (AvgIpc) is 2.32. The summed E-state index contributed by atoms with van der Waals surface area (Å²) in [6.07, 6.45) is 0.899. The first-order chi connectivity index (χ1) is 8.54. The zero-order valence-electron chi connectivity index (χ0n) is 10.0. The molecule has 0 unspecified atom stereocenters. The summed E-state index contributed by atoms with van der Waals surface area (Å²) in [6, 6.07) is 3.48. The first-order valence-electron chi connectivity index (χ1n) is 5.64. The third-order valence-electron chi connectivity index (χ3n) is 2.26. The van der Waals surface area contributed by atoms with Crippen molar-refractivity contribution in [1.29, 1.82) is 0 Å². The Labute approximate surface area is 105 Å². The minimum atomic E-state index is -1.75. The molecular formula is C11H15BFNO4. The van der Waals surface area contributed by atoms with E-state index in [1.807, 2.05) is 6.92 Å². The van der Waals surface area contributed by atoms with Crippen LogP contribution in [0.3, 0.4) is 0 Å². The molecule has 1 amide bonds. The average molecular weight is 255 g/mol. The van der Waals surface area contributed by atoms with Crippen molar-refractivity contribution in [1.82, 2.24) is 0 Å². The van der Waals surface area contributed by atoms with Gasteiger partial charge in [0.25, 0.3) is 0 Å². The van der Waals surface area contributed by atoms with E-state index in [2.05, 4.69) is 5.32 Å². The van der Waals surface area contributed by atoms with Gasteiger partial charge in [0.05, 0.1) is 12.3 Å². The fraction of sp³-hybridized carbons (Fsp3) is 0.364. The summed E-state index contributed by atoms with van der Waals surface area (Å²) in [7, 11) is -1.75. The van der Waals surface area contributed by atoms with Gasteiger partial charge in [0, 0.05) is 0 Å². The van der Waals surface area contributed by atoms with Gasteiger partial charge in [-0.3, -0.25) is 5.32 Å². The molecule has 7 heteroatoms. The summed E-state index contributed by atoms with van der Waals surface area (Å²) in [4.78, 5) is 11.3. The van der Waals surface area contributed by atoms with Crippen molar-refractivity contribution in [2.45, 2.75) is 19.8 Å². The topological polar surface area (TPSA) is 78.8 Å². The Bertz CT molecular complexity index is 414. The maximum Gasteiger partial charge on any atom is 0.488 e. The first kappa shape index (κ1) is 14.5. The second-order valence-corrected chi connectivity index (χ2v) is 3.73. The third-order valence-corrected chi connectivity index (χ3v) is 2.26. The molecule has 0 aliphatic rings. The zero-order chi connectivity index (χ0) is 13.5. The van der Waals surface area contributed by atoms with E-state index in [4.69, 9.17) is 14.8 Å². The number of anilines is 1. The Morgan fingerprint density at radius 1 is 1.50 bits per heavy atom. The quantitative estimate of drug-likeness (QED) is 0.538. The van der Waals surface area contributed by atoms with Gasteiger partial charge in [-0.1, -0.05) is 19.4 Å². The summed E-state index contributed by atoms with van der Waals surface area (Å²) in [5, 5.41) is 19.9. The van der Waals surface area contributed by atoms with Crippen molar-refractivity contribution in [3.8, 4) is 0 Å². The van der Waals surface area contributed by atoms with Crippen LogP contribution in [0.4, 0.5) is 14.9 Å². The number of carbonyl (C=O) groups excluding carboxylic acids is 1. The lowest BCUT2D eigenvalue weighted by molar-refractivity contribution is 0.160. The highest BCUT2D eigenvalue weighted by molar-refractivity contribution is 6.58. The number of ether oxygens (including phenoxy) is 1. The summed E-state index contributed by atoms with van der Waals surface area (Å²) in [5.41, 5.74) is -0.0571. The molecule has 0 radical (unpaired) electrons. The molecule has 3 N–H and O–H groups in total. The van der Waals surface area contributed by atoms with Crippen LogP contribution in [0.15, 0.2) is 18.2 Å². The van der Waals surface area contributed by atoms with E-state index < -0.39 is 19.0 Å². The molecular weight excluding hydrogens is 240 g/mol. The highest BCUT2D eigenvalue weighted by atomic mass is 19.1. The molecule has 0 saturated heterocycles. The van der Waals surface area contributed by atoms with Crippen LogP contribution in [0.5, 0.6) is 0 Å². The van der Waals surface area contributed by atoms with Gasteiger partial charge in [-0.25, -0.2) is 9.18 Å². The van der Waals surface area contributed by atoms with Crippen molar-refractivity contribution in [2.75, 3.05) is 11.9 Å². The van der Waals surface area contributed by atoms with Crippen LogP contribution in [0.1, 0.15) is 19.8 Å². The molecule has 0 spiro atoms. The van der Waals surface area contributed by atoms with Crippen LogP contribution in [-0.2, 0) is 4.74 Å². The molecule has 0 aromatic heterocycles. The van der Waals surface area contributed by atoms with Crippen molar-refractivity contribution in [2.24, 2.45) is 0 Å². The van der Waals surface area contributed by atoms with Gasteiger partial charge in [-0.05, 0) is 24.0 Å². The molecule has 1 rings (SSSR count). The smallest absolute Gasteiger partial charge is 0.449 e. The Balaban J connectivity index is 2.59. The van der Waals surface area contributed by atoms with Gasteiger partial charge in [-0.2, -0.15) is 0 Å². The van der Waals surface area contributed by atoms with Crippen molar-refractivity contribution in [3.63, 3.8) is 0 Å².